The second-order valence-corrected chi connectivity index (χ2v) is 5.85. The fourth-order valence-electron chi connectivity index (χ4n) is 3.05. The first-order chi connectivity index (χ1) is 10.8. The van der Waals surface area contributed by atoms with Gasteiger partial charge in [0.2, 0.25) is 0 Å². The average Bonchev–Trinajstić information content (AvgIpc) is 2.62. The molecule has 0 spiro atoms. The Kier molecular flexibility index (Phi) is 4.88. The number of aliphatic hydroxyl groups is 1. The SMILES string of the molecule is C[C@@H](c1ccccc1)N1CCO[C@H]([C@H](O)c2ccccc2)C1. The van der Waals surface area contributed by atoms with Crippen LogP contribution in [0, 0.1) is 0 Å². The Labute approximate surface area is 132 Å². The zero-order chi connectivity index (χ0) is 15.4. The van der Waals surface area contributed by atoms with Gasteiger partial charge in [-0.15, -0.1) is 0 Å². The molecule has 1 aliphatic rings. The van der Waals surface area contributed by atoms with Crippen LogP contribution in [0.1, 0.15) is 30.2 Å². The van der Waals surface area contributed by atoms with Gasteiger partial charge in [0, 0.05) is 19.1 Å². The first-order valence-corrected chi connectivity index (χ1v) is 7.89. The number of rotatable bonds is 4. The van der Waals surface area contributed by atoms with E-state index < -0.39 is 6.10 Å². The largest absolute Gasteiger partial charge is 0.386 e. The molecule has 1 heterocycles. The minimum absolute atomic E-state index is 0.178. The zero-order valence-electron chi connectivity index (χ0n) is 12.9. The van der Waals surface area contributed by atoms with Crippen molar-refractivity contribution < 1.29 is 9.84 Å². The number of morpholine rings is 1. The zero-order valence-corrected chi connectivity index (χ0v) is 12.9. The van der Waals surface area contributed by atoms with Crippen LogP contribution in [0.5, 0.6) is 0 Å². The second-order valence-electron chi connectivity index (χ2n) is 5.85. The number of hydrogen-bond donors (Lipinski definition) is 1. The van der Waals surface area contributed by atoms with E-state index in [1.807, 2.05) is 36.4 Å². The Hall–Kier alpha value is -1.68. The van der Waals surface area contributed by atoms with E-state index >= 15 is 0 Å². The summed E-state index contributed by atoms with van der Waals surface area (Å²) in [4.78, 5) is 2.38. The molecule has 0 unspecified atom stereocenters. The summed E-state index contributed by atoms with van der Waals surface area (Å²) in [5.74, 6) is 0. The summed E-state index contributed by atoms with van der Waals surface area (Å²) < 4.78 is 5.82. The molecule has 1 fully saturated rings. The van der Waals surface area contributed by atoms with E-state index in [9.17, 15) is 5.11 Å². The third kappa shape index (κ3) is 3.38. The lowest BCUT2D eigenvalue weighted by Crippen LogP contribution is -2.46. The van der Waals surface area contributed by atoms with Crippen molar-refractivity contribution in [3.05, 3.63) is 71.8 Å². The van der Waals surface area contributed by atoms with Crippen LogP contribution in [-0.4, -0.2) is 35.8 Å². The molecule has 3 nitrogen and oxygen atoms in total. The third-order valence-electron chi connectivity index (χ3n) is 4.45. The van der Waals surface area contributed by atoms with Crippen LogP contribution < -0.4 is 0 Å². The van der Waals surface area contributed by atoms with E-state index in [0.29, 0.717) is 12.6 Å². The second kappa shape index (κ2) is 7.05. The molecule has 3 rings (SSSR count). The molecule has 22 heavy (non-hydrogen) atoms. The Balaban J connectivity index is 1.69. The highest BCUT2D eigenvalue weighted by molar-refractivity contribution is 5.20. The van der Waals surface area contributed by atoms with Crippen LogP contribution >= 0.6 is 0 Å². The molecule has 116 valence electrons. The lowest BCUT2D eigenvalue weighted by atomic mass is 10.0. The Bertz CT molecular complexity index is 521. The first kappa shape index (κ1) is 15.2. The summed E-state index contributed by atoms with van der Waals surface area (Å²) in [6.07, 6.45) is -0.755. The molecule has 0 saturated carbocycles. The van der Waals surface area contributed by atoms with E-state index in [1.54, 1.807) is 0 Å². The van der Waals surface area contributed by atoms with Gasteiger partial charge in [-0.2, -0.15) is 0 Å². The Morgan fingerprint density at radius 1 is 1.00 bits per heavy atom. The first-order valence-electron chi connectivity index (χ1n) is 7.89. The molecular formula is C19H23NO2. The van der Waals surface area contributed by atoms with Gasteiger partial charge < -0.3 is 9.84 Å². The van der Waals surface area contributed by atoms with Gasteiger partial charge in [0.15, 0.2) is 0 Å². The molecule has 2 aromatic rings. The quantitative estimate of drug-likeness (QED) is 0.941. The lowest BCUT2D eigenvalue weighted by Gasteiger charge is -2.38. The predicted molar refractivity (Wildman–Crippen MR) is 87.6 cm³/mol. The van der Waals surface area contributed by atoms with Crippen molar-refractivity contribution >= 4 is 0 Å². The number of hydrogen-bond acceptors (Lipinski definition) is 3. The van der Waals surface area contributed by atoms with Gasteiger partial charge in [-0.1, -0.05) is 60.7 Å². The lowest BCUT2D eigenvalue weighted by molar-refractivity contribution is -0.0980. The van der Waals surface area contributed by atoms with E-state index in [-0.39, 0.29) is 6.10 Å². The van der Waals surface area contributed by atoms with Crippen molar-refractivity contribution in [2.45, 2.75) is 25.2 Å². The maximum Gasteiger partial charge on any atom is 0.106 e. The highest BCUT2D eigenvalue weighted by Crippen LogP contribution is 2.27. The minimum Gasteiger partial charge on any atom is -0.386 e. The van der Waals surface area contributed by atoms with Crippen LogP contribution in [-0.2, 0) is 4.74 Å². The molecule has 2 aromatic carbocycles. The fraction of sp³-hybridized carbons (Fsp3) is 0.368. The fourth-order valence-corrected chi connectivity index (χ4v) is 3.05. The van der Waals surface area contributed by atoms with Crippen LogP contribution in [0.2, 0.25) is 0 Å². The van der Waals surface area contributed by atoms with Crippen LogP contribution in [0.3, 0.4) is 0 Å². The molecule has 1 N–H and O–H groups in total. The van der Waals surface area contributed by atoms with Crippen LogP contribution in [0.4, 0.5) is 0 Å². The molecule has 1 aliphatic heterocycles. The maximum atomic E-state index is 10.6. The molecule has 0 aliphatic carbocycles. The van der Waals surface area contributed by atoms with Gasteiger partial charge in [0.25, 0.3) is 0 Å². The maximum absolute atomic E-state index is 10.6. The summed E-state index contributed by atoms with van der Waals surface area (Å²) in [6.45, 7) is 4.51. The number of nitrogens with zero attached hydrogens (tertiary/aromatic N) is 1. The number of ether oxygens (including phenoxy) is 1. The predicted octanol–water partition coefficient (Wildman–Crippen LogP) is 3.18. The minimum atomic E-state index is -0.577. The highest BCUT2D eigenvalue weighted by atomic mass is 16.5. The van der Waals surface area contributed by atoms with Gasteiger partial charge in [-0.3, -0.25) is 4.90 Å². The monoisotopic (exact) mass is 297 g/mol. The summed E-state index contributed by atoms with van der Waals surface area (Å²) in [6, 6.07) is 20.6. The van der Waals surface area contributed by atoms with Gasteiger partial charge >= 0.3 is 0 Å². The van der Waals surface area contributed by atoms with Gasteiger partial charge in [0.05, 0.1) is 6.61 Å². The van der Waals surface area contributed by atoms with Crippen molar-refractivity contribution in [3.8, 4) is 0 Å². The van der Waals surface area contributed by atoms with E-state index in [2.05, 4.69) is 36.1 Å². The van der Waals surface area contributed by atoms with E-state index in [1.165, 1.54) is 5.56 Å². The topological polar surface area (TPSA) is 32.7 Å². The molecule has 0 bridgehead atoms. The molecule has 3 atom stereocenters. The molecule has 3 heteroatoms. The molecule has 0 aromatic heterocycles. The highest BCUT2D eigenvalue weighted by Gasteiger charge is 2.30. The van der Waals surface area contributed by atoms with Gasteiger partial charge in [-0.05, 0) is 18.1 Å². The summed E-state index contributed by atoms with van der Waals surface area (Å²) in [5, 5.41) is 10.6. The van der Waals surface area contributed by atoms with E-state index in [0.717, 1.165) is 18.7 Å². The molecular weight excluding hydrogens is 274 g/mol. The van der Waals surface area contributed by atoms with Crippen molar-refractivity contribution in [1.29, 1.82) is 0 Å². The summed E-state index contributed by atoms with van der Waals surface area (Å²) >= 11 is 0. The Morgan fingerprint density at radius 3 is 2.23 bits per heavy atom. The van der Waals surface area contributed by atoms with Crippen molar-refractivity contribution in [1.82, 2.24) is 4.90 Å². The molecule has 0 radical (unpaired) electrons. The number of aliphatic hydroxyl groups excluding tert-OH is 1. The average molecular weight is 297 g/mol. The van der Waals surface area contributed by atoms with Crippen LogP contribution in [0.25, 0.3) is 0 Å². The van der Waals surface area contributed by atoms with Crippen molar-refractivity contribution in [3.63, 3.8) is 0 Å². The van der Waals surface area contributed by atoms with Gasteiger partial charge in [0.1, 0.15) is 12.2 Å². The third-order valence-corrected chi connectivity index (χ3v) is 4.45. The van der Waals surface area contributed by atoms with E-state index in [4.69, 9.17) is 4.74 Å². The standard InChI is InChI=1S/C19H23NO2/c1-15(16-8-4-2-5-9-16)20-12-13-22-18(14-20)19(21)17-10-6-3-7-11-17/h2-11,15,18-19,21H,12-14H2,1H3/t15-,18-,19+/m0/s1. The number of benzene rings is 2. The summed E-state index contributed by atoms with van der Waals surface area (Å²) in [7, 11) is 0. The van der Waals surface area contributed by atoms with Crippen molar-refractivity contribution in [2.75, 3.05) is 19.7 Å². The molecule has 1 saturated heterocycles. The Morgan fingerprint density at radius 2 is 1.59 bits per heavy atom. The smallest absolute Gasteiger partial charge is 0.106 e. The van der Waals surface area contributed by atoms with Crippen LogP contribution in [0.15, 0.2) is 60.7 Å². The van der Waals surface area contributed by atoms with Gasteiger partial charge in [-0.25, -0.2) is 0 Å². The normalized spacial score (nSPS) is 22.2. The van der Waals surface area contributed by atoms with Crippen molar-refractivity contribution in [2.24, 2.45) is 0 Å². The summed E-state index contributed by atoms with van der Waals surface area (Å²) in [5.41, 5.74) is 2.22. The molecule has 0 amide bonds.